The Balaban J connectivity index is 2.28. The van der Waals surface area contributed by atoms with Crippen LogP contribution >= 0.6 is 0 Å². The first-order valence-corrected chi connectivity index (χ1v) is 8.75. The Kier molecular flexibility index (Phi) is 3.76. The smallest absolute Gasteiger partial charge is 0.341 e. The molecule has 1 saturated carbocycles. The maximum Gasteiger partial charge on any atom is 0.341 e. The van der Waals surface area contributed by atoms with Crippen LogP contribution < -0.4 is 4.74 Å². The van der Waals surface area contributed by atoms with E-state index in [2.05, 4.69) is 13.8 Å². The molecule has 1 fully saturated rings. The highest BCUT2D eigenvalue weighted by Crippen LogP contribution is 2.59. The van der Waals surface area contributed by atoms with Crippen molar-refractivity contribution in [2.24, 2.45) is 5.41 Å². The average Bonchev–Trinajstić information content (AvgIpc) is 2.50. The minimum absolute atomic E-state index is 0.231. The van der Waals surface area contributed by atoms with Crippen LogP contribution in [0.5, 0.6) is 5.75 Å². The van der Waals surface area contributed by atoms with Gasteiger partial charge in [0.2, 0.25) is 5.79 Å². The number of hydrogen-bond acceptors (Lipinski definition) is 4. The van der Waals surface area contributed by atoms with E-state index < -0.39 is 22.6 Å². The molecule has 0 spiro atoms. The van der Waals surface area contributed by atoms with E-state index in [0.29, 0.717) is 5.56 Å². The molecule has 1 N–H and O–H groups in total. The first kappa shape index (κ1) is 17.3. The summed E-state index contributed by atoms with van der Waals surface area (Å²) < 4.78 is 11.3. The molecule has 1 aromatic rings. The van der Waals surface area contributed by atoms with Gasteiger partial charge in [0.25, 0.3) is 0 Å². The second-order valence-corrected chi connectivity index (χ2v) is 8.40. The fourth-order valence-electron chi connectivity index (χ4n) is 4.58. The second-order valence-electron chi connectivity index (χ2n) is 8.40. The van der Waals surface area contributed by atoms with Gasteiger partial charge in [0.05, 0.1) is 18.1 Å². The molecule has 1 aliphatic heterocycles. The van der Waals surface area contributed by atoms with Gasteiger partial charge in [-0.1, -0.05) is 34.1 Å². The van der Waals surface area contributed by atoms with Gasteiger partial charge in [-0.15, -0.1) is 0 Å². The Hall–Kier alpha value is -1.55. The van der Waals surface area contributed by atoms with E-state index in [9.17, 15) is 9.90 Å². The molecule has 0 amide bonds. The number of rotatable bonds is 2. The molecule has 2 aliphatic rings. The van der Waals surface area contributed by atoms with Crippen LogP contribution in [-0.2, 0) is 10.2 Å². The van der Waals surface area contributed by atoms with E-state index in [1.165, 1.54) is 0 Å². The maximum absolute atomic E-state index is 12.7. The number of methoxy groups -OCH3 is 1. The molecule has 4 nitrogen and oxygen atoms in total. The number of carbonyl (C=O) groups is 1. The van der Waals surface area contributed by atoms with E-state index >= 15 is 0 Å². The Labute approximate surface area is 144 Å². The third kappa shape index (κ3) is 2.05. The Morgan fingerprint density at radius 1 is 1.21 bits per heavy atom. The van der Waals surface area contributed by atoms with Crippen LogP contribution in [0.3, 0.4) is 0 Å². The molecular weight excluding hydrogens is 304 g/mol. The maximum atomic E-state index is 12.7. The molecular formula is C20H28O4. The average molecular weight is 332 g/mol. The molecule has 0 aromatic heterocycles. The lowest BCUT2D eigenvalue weighted by atomic mass is 9.55. The van der Waals surface area contributed by atoms with Crippen molar-refractivity contribution in [2.75, 3.05) is 7.11 Å². The summed E-state index contributed by atoms with van der Waals surface area (Å²) >= 11 is 0. The zero-order valence-electron chi connectivity index (χ0n) is 15.5. The van der Waals surface area contributed by atoms with E-state index in [0.717, 1.165) is 36.1 Å². The number of benzene rings is 1. The van der Waals surface area contributed by atoms with Crippen molar-refractivity contribution in [3.63, 3.8) is 0 Å². The highest BCUT2D eigenvalue weighted by molar-refractivity contribution is 5.94. The standard InChI is InChI=1S/C20H28O4/c1-12(2)13-10-14-15(11-16(13)23-6)19(5)9-7-8-18(3,4)20(19,22)24-17(14)21/h10-12,22H,7-9H2,1-6H3/t19-,20-/m1/s1. The summed E-state index contributed by atoms with van der Waals surface area (Å²) in [6.45, 7) is 10.1. The lowest BCUT2D eigenvalue weighted by molar-refractivity contribution is -0.292. The topological polar surface area (TPSA) is 55.8 Å². The number of esters is 1. The molecule has 2 atom stereocenters. The SMILES string of the molecule is COc1cc2c(cc1C(C)C)C(=O)O[C@]1(O)C(C)(C)CCC[C@]21C. The van der Waals surface area contributed by atoms with Gasteiger partial charge in [-0.25, -0.2) is 4.79 Å². The van der Waals surface area contributed by atoms with Crippen molar-refractivity contribution in [1.29, 1.82) is 0 Å². The van der Waals surface area contributed by atoms with Crippen LogP contribution in [0.4, 0.5) is 0 Å². The largest absolute Gasteiger partial charge is 0.496 e. The van der Waals surface area contributed by atoms with Crippen molar-refractivity contribution in [2.45, 2.75) is 71.0 Å². The van der Waals surface area contributed by atoms with Gasteiger partial charge < -0.3 is 14.6 Å². The third-order valence-corrected chi connectivity index (χ3v) is 6.19. The molecule has 1 heterocycles. The highest BCUT2D eigenvalue weighted by atomic mass is 16.7. The van der Waals surface area contributed by atoms with Gasteiger partial charge in [-0.3, -0.25) is 0 Å². The van der Waals surface area contributed by atoms with E-state index in [-0.39, 0.29) is 5.92 Å². The molecule has 24 heavy (non-hydrogen) atoms. The first-order valence-electron chi connectivity index (χ1n) is 8.75. The second kappa shape index (κ2) is 5.22. The normalized spacial score (nSPS) is 31.2. The summed E-state index contributed by atoms with van der Waals surface area (Å²) in [5, 5.41) is 11.5. The van der Waals surface area contributed by atoms with Gasteiger partial charge in [-0.2, -0.15) is 0 Å². The summed E-state index contributed by atoms with van der Waals surface area (Å²) in [4.78, 5) is 12.7. The summed E-state index contributed by atoms with van der Waals surface area (Å²) in [6, 6.07) is 3.82. The lowest BCUT2D eigenvalue weighted by Crippen LogP contribution is -2.66. The summed E-state index contributed by atoms with van der Waals surface area (Å²) in [6.07, 6.45) is 2.58. The van der Waals surface area contributed by atoms with Gasteiger partial charge in [0.15, 0.2) is 0 Å². The molecule has 0 unspecified atom stereocenters. The highest BCUT2D eigenvalue weighted by Gasteiger charge is 2.65. The quantitative estimate of drug-likeness (QED) is 0.827. The van der Waals surface area contributed by atoms with Crippen molar-refractivity contribution in [3.05, 3.63) is 28.8 Å². The summed E-state index contributed by atoms with van der Waals surface area (Å²) in [5.74, 6) is -0.948. The Morgan fingerprint density at radius 3 is 2.46 bits per heavy atom. The number of ether oxygens (including phenoxy) is 2. The zero-order valence-corrected chi connectivity index (χ0v) is 15.5. The van der Waals surface area contributed by atoms with Crippen LogP contribution in [0.15, 0.2) is 12.1 Å². The predicted octanol–water partition coefficient (Wildman–Crippen LogP) is 4.15. The fourth-order valence-corrected chi connectivity index (χ4v) is 4.58. The van der Waals surface area contributed by atoms with E-state index in [1.54, 1.807) is 7.11 Å². The Bertz CT molecular complexity index is 691. The molecule has 0 bridgehead atoms. The summed E-state index contributed by atoms with van der Waals surface area (Å²) in [7, 11) is 1.65. The van der Waals surface area contributed by atoms with Crippen molar-refractivity contribution in [1.82, 2.24) is 0 Å². The van der Waals surface area contributed by atoms with E-state index in [1.807, 2.05) is 32.9 Å². The number of aliphatic hydroxyl groups is 1. The molecule has 1 aliphatic carbocycles. The van der Waals surface area contributed by atoms with Gasteiger partial charge in [0.1, 0.15) is 5.75 Å². The van der Waals surface area contributed by atoms with Gasteiger partial charge >= 0.3 is 5.97 Å². The first-order chi connectivity index (χ1) is 11.1. The lowest BCUT2D eigenvalue weighted by Gasteiger charge is -2.58. The number of fused-ring (bicyclic) bond motifs is 3. The van der Waals surface area contributed by atoms with Crippen molar-refractivity contribution < 1.29 is 19.4 Å². The molecule has 1 aromatic carbocycles. The number of carbonyl (C=O) groups excluding carboxylic acids is 1. The molecule has 132 valence electrons. The minimum atomic E-state index is -1.51. The monoisotopic (exact) mass is 332 g/mol. The zero-order chi connectivity index (χ0) is 17.9. The number of hydrogen-bond donors (Lipinski definition) is 1. The van der Waals surface area contributed by atoms with E-state index in [4.69, 9.17) is 9.47 Å². The van der Waals surface area contributed by atoms with Crippen LogP contribution in [0, 0.1) is 5.41 Å². The van der Waals surface area contributed by atoms with Crippen molar-refractivity contribution in [3.8, 4) is 5.75 Å². The third-order valence-electron chi connectivity index (χ3n) is 6.19. The predicted molar refractivity (Wildman–Crippen MR) is 92.4 cm³/mol. The fraction of sp³-hybridized carbons (Fsp3) is 0.650. The van der Waals surface area contributed by atoms with Crippen LogP contribution in [-0.4, -0.2) is 24.0 Å². The molecule has 3 rings (SSSR count). The molecule has 4 heteroatoms. The van der Waals surface area contributed by atoms with Crippen LogP contribution in [0.25, 0.3) is 0 Å². The van der Waals surface area contributed by atoms with Crippen LogP contribution in [0.2, 0.25) is 0 Å². The van der Waals surface area contributed by atoms with Crippen molar-refractivity contribution >= 4 is 5.97 Å². The Morgan fingerprint density at radius 2 is 1.88 bits per heavy atom. The molecule has 0 radical (unpaired) electrons. The van der Waals surface area contributed by atoms with Gasteiger partial charge in [-0.05, 0) is 48.9 Å². The minimum Gasteiger partial charge on any atom is -0.496 e. The van der Waals surface area contributed by atoms with Crippen LogP contribution in [0.1, 0.15) is 81.3 Å². The van der Waals surface area contributed by atoms with Gasteiger partial charge in [0, 0.05) is 5.41 Å². The summed E-state index contributed by atoms with van der Waals surface area (Å²) in [5.41, 5.74) is 1.25. The molecule has 0 saturated heterocycles.